The maximum Gasteiger partial charge on any atom is 0.118 e. The van der Waals surface area contributed by atoms with Gasteiger partial charge in [0.1, 0.15) is 5.75 Å². The molecule has 3 N–H and O–H groups in total. The predicted molar refractivity (Wildman–Crippen MR) is 79.1 cm³/mol. The zero-order chi connectivity index (χ0) is 13.5. The molecule has 0 aliphatic carbocycles. The molecule has 100 valence electrons. The number of phenolic OH excluding ortho intramolecular Hbond substituents is 1. The van der Waals surface area contributed by atoms with Crippen molar-refractivity contribution in [3.05, 3.63) is 65.2 Å². The number of para-hydroxylation sites is 1. The quantitative estimate of drug-likeness (QED) is 0.777. The molecule has 2 heteroatoms. The normalized spacial score (nSPS) is 10.6. The van der Waals surface area contributed by atoms with Crippen LogP contribution in [-0.2, 0) is 19.4 Å². The van der Waals surface area contributed by atoms with Crippen molar-refractivity contribution in [3.8, 4) is 5.75 Å². The number of aromatic hydroxyl groups is 1. The second kappa shape index (κ2) is 6.95. The number of benzene rings is 2. The van der Waals surface area contributed by atoms with Gasteiger partial charge in [-0.2, -0.15) is 0 Å². The Kier molecular flexibility index (Phi) is 4.99. The van der Waals surface area contributed by atoms with E-state index in [4.69, 9.17) is 5.73 Å². The molecule has 0 spiro atoms. The number of unbranched alkanes of at least 4 members (excludes halogenated alkanes) is 1. The summed E-state index contributed by atoms with van der Waals surface area (Å²) in [5, 5.41) is 9.67. The fraction of sp³-hybridized carbons (Fsp3) is 0.294. The Morgan fingerprint density at radius 1 is 0.789 bits per heavy atom. The summed E-state index contributed by atoms with van der Waals surface area (Å²) in [7, 11) is 0. The van der Waals surface area contributed by atoms with Gasteiger partial charge in [-0.3, -0.25) is 0 Å². The molecule has 0 saturated heterocycles. The Balaban J connectivity index is 1.76. The highest BCUT2D eigenvalue weighted by molar-refractivity contribution is 5.31. The lowest BCUT2D eigenvalue weighted by Gasteiger charge is -2.05. The van der Waals surface area contributed by atoms with Gasteiger partial charge in [0.05, 0.1) is 0 Å². The molecular weight excluding hydrogens is 234 g/mol. The van der Waals surface area contributed by atoms with Crippen molar-refractivity contribution in [1.82, 2.24) is 0 Å². The van der Waals surface area contributed by atoms with E-state index < -0.39 is 0 Å². The van der Waals surface area contributed by atoms with Crippen molar-refractivity contribution in [2.24, 2.45) is 5.73 Å². The minimum absolute atomic E-state index is 0.412. The van der Waals surface area contributed by atoms with E-state index in [-0.39, 0.29) is 0 Å². The van der Waals surface area contributed by atoms with Gasteiger partial charge in [-0.25, -0.2) is 0 Å². The van der Waals surface area contributed by atoms with Crippen molar-refractivity contribution in [1.29, 1.82) is 0 Å². The van der Waals surface area contributed by atoms with Crippen molar-refractivity contribution in [3.63, 3.8) is 0 Å². The van der Waals surface area contributed by atoms with Crippen LogP contribution in [0, 0.1) is 0 Å². The molecule has 0 amide bonds. The molecule has 19 heavy (non-hydrogen) atoms. The summed E-state index contributed by atoms with van der Waals surface area (Å²) in [6.07, 6.45) is 4.25. The van der Waals surface area contributed by atoms with Crippen molar-refractivity contribution >= 4 is 0 Å². The van der Waals surface area contributed by atoms with E-state index in [0.29, 0.717) is 12.3 Å². The smallest absolute Gasteiger partial charge is 0.118 e. The van der Waals surface area contributed by atoms with Crippen LogP contribution in [0.1, 0.15) is 29.5 Å². The first-order valence-electron chi connectivity index (χ1n) is 6.84. The summed E-state index contributed by atoms with van der Waals surface area (Å²) in [6, 6.07) is 16.1. The molecule has 0 atom stereocenters. The lowest BCUT2D eigenvalue weighted by atomic mass is 10.0. The van der Waals surface area contributed by atoms with E-state index in [1.165, 1.54) is 11.1 Å². The summed E-state index contributed by atoms with van der Waals surface area (Å²) < 4.78 is 0. The van der Waals surface area contributed by atoms with Gasteiger partial charge < -0.3 is 10.8 Å². The van der Waals surface area contributed by atoms with Gasteiger partial charge in [-0.15, -0.1) is 0 Å². The molecule has 0 bridgehead atoms. The summed E-state index contributed by atoms with van der Waals surface area (Å²) in [5.74, 6) is 0.412. The van der Waals surface area contributed by atoms with Gasteiger partial charge in [0.25, 0.3) is 0 Å². The average Bonchev–Trinajstić information content (AvgIpc) is 2.46. The second-order valence-electron chi connectivity index (χ2n) is 4.86. The Hall–Kier alpha value is -1.80. The van der Waals surface area contributed by atoms with Crippen LogP contribution in [0.4, 0.5) is 0 Å². The third-order valence-corrected chi connectivity index (χ3v) is 3.41. The number of hydrogen-bond donors (Lipinski definition) is 2. The Morgan fingerprint density at radius 3 is 2.11 bits per heavy atom. The van der Waals surface area contributed by atoms with E-state index in [1.807, 2.05) is 18.2 Å². The maximum absolute atomic E-state index is 9.67. The average molecular weight is 255 g/mol. The standard InChI is InChI=1S/C17H21NO/c18-13-15-11-9-14(10-12-15)5-1-2-6-16-7-3-4-8-17(16)19/h3-4,7-12,19H,1-2,5-6,13,18H2. The van der Waals surface area contributed by atoms with Crippen LogP contribution in [0.15, 0.2) is 48.5 Å². The van der Waals surface area contributed by atoms with E-state index >= 15 is 0 Å². The largest absolute Gasteiger partial charge is 0.508 e. The molecular formula is C17H21NO. The molecule has 2 aromatic carbocycles. The van der Waals surface area contributed by atoms with Gasteiger partial charge in [0, 0.05) is 6.54 Å². The fourth-order valence-corrected chi connectivity index (χ4v) is 2.21. The summed E-state index contributed by atoms with van der Waals surface area (Å²) in [5.41, 5.74) is 9.15. The molecule has 2 nitrogen and oxygen atoms in total. The predicted octanol–water partition coefficient (Wildman–Crippen LogP) is 3.42. The third kappa shape index (κ3) is 4.11. The molecule has 0 fully saturated rings. The number of aryl methyl sites for hydroxylation is 2. The maximum atomic E-state index is 9.67. The molecule has 0 saturated carbocycles. The van der Waals surface area contributed by atoms with Crippen molar-refractivity contribution in [2.45, 2.75) is 32.2 Å². The highest BCUT2D eigenvalue weighted by Gasteiger charge is 2.00. The van der Waals surface area contributed by atoms with Gasteiger partial charge in [0.2, 0.25) is 0 Å². The van der Waals surface area contributed by atoms with Crippen LogP contribution >= 0.6 is 0 Å². The molecule has 0 heterocycles. The van der Waals surface area contributed by atoms with Gasteiger partial charge in [0.15, 0.2) is 0 Å². The Labute approximate surface area is 114 Å². The Morgan fingerprint density at radius 2 is 1.42 bits per heavy atom. The molecule has 0 aromatic heterocycles. The topological polar surface area (TPSA) is 46.2 Å². The van der Waals surface area contributed by atoms with Crippen LogP contribution in [-0.4, -0.2) is 5.11 Å². The van der Waals surface area contributed by atoms with Gasteiger partial charge >= 0.3 is 0 Å². The van der Waals surface area contributed by atoms with E-state index in [1.54, 1.807) is 6.07 Å². The molecule has 2 aromatic rings. The molecule has 2 rings (SSSR count). The molecule has 0 aliphatic rings. The monoisotopic (exact) mass is 255 g/mol. The van der Waals surface area contributed by atoms with E-state index in [2.05, 4.69) is 24.3 Å². The van der Waals surface area contributed by atoms with Crippen LogP contribution in [0.25, 0.3) is 0 Å². The molecule has 0 unspecified atom stereocenters. The summed E-state index contributed by atoms with van der Waals surface area (Å²) in [4.78, 5) is 0. The zero-order valence-corrected chi connectivity index (χ0v) is 11.2. The third-order valence-electron chi connectivity index (χ3n) is 3.41. The molecule has 0 radical (unpaired) electrons. The first-order chi connectivity index (χ1) is 9.29. The first-order valence-corrected chi connectivity index (χ1v) is 6.84. The van der Waals surface area contributed by atoms with Crippen molar-refractivity contribution in [2.75, 3.05) is 0 Å². The minimum Gasteiger partial charge on any atom is -0.508 e. The van der Waals surface area contributed by atoms with Crippen LogP contribution in [0.2, 0.25) is 0 Å². The summed E-state index contributed by atoms with van der Waals surface area (Å²) >= 11 is 0. The van der Waals surface area contributed by atoms with Gasteiger partial charge in [-0.1, -0.05) is 42.5 Å². The van der Waals surface area contributed by atoms with Crippen molar-refractivity contribution < 1.29 is 5.11 Å². The first kappa shape index (κ1) is 13.6. The number of phenols is 1. The fourth-order valence-electron chi connectivity index (χ4n) is 2.21. The van der Waals surface area contributed by atoms with E-state index in [0.717, 1.165) is 31.2 Å². The number of rotatable bonds is 6. The molecule has 0 aliphatic heterocycles. The number of hydrogen-bond acceptors (Lipinski definition) is 2. The number of nitrogens with two attached hydrogens (primary N) is 1. The Bertz CT molecular complexity index is 505. The van der Waals surface area contributed by atoms with E-state index in [9.17, 15) is 5.11 Å². The van der Waals surface area contributed by atoms with Crippen LogP contribution in [0.5, 0.6) is 5.75 Å². The minimum atomic E-state index is 0.412. The SMILES string of the molecule is NCc1ccc(CCCCc2ccccc2O)cc1. The van der Waals surface area contributed by atoms with Crippen LogP contribution < -0.4 is 5.73 Å². The highest BCUT2D eigenvalue weighted by Crippen LogP contribution is 2.18. The van der Waals surface area contributed by atoms with Crippen LogP contribution in [0.3, 0.4) is 0 Å². The second-order valence-corrected chi connectivity index (χ2v) is 4.86. The zero-order valence-electron chi connectivity index (χ0n) is 11.2. The highest BCUT2D eigenvalue weighted by atomic mass is 16.3. The van der Waals surface area contributed by atoms with Gasteiger partial charge in [-0.05, 0) is 48.4 Å². The summed E-state index contributed by atoms with van der Waals surface area (Å²) in [6.45, 7) is 0.605. The lowest BCUT2D eigenvalue weighted by molar-refractivity contribution is 0.466. The lowest BCUT2D eigenvalue weighted by Crippen LogP contribution is -1.96.